The number of aromatic nitrogens is 4. The third-order valence-electron chi connectivity index (χ3n) is 9.67. The molecule has 56 heavy (non-hydrogen) atoms. The fourth-order valence-electron chi connectivity index (χ4n) is 6.88. The molecule has 2 aliphatic rings. The predicted molar refractivity (Wildman–Crippen MR) is 206 cm³/mol. The van der Waals surface area contributed by atoms with Gasteiger partial charge in [-0.05, 0) is 63.3 Å². The molecule has 6 atom stereocenters. The number of rotatable bonds is 9. The Hall–Kier alpha value is -5.19. The van der Waals surface area contributed by atoms with Crippen molar-refractivity contribution in [3.63, 3.8) is 0 Å². The number of nitrogens with zero attached hydrogens (tertiary/aromatic N) is 5. The first-order valence-electron chi connectivity index (χ1n) is 19.1. The standard InChI is InChI=1S/C40H53FN8O7/c1-25(2)38-28(20-36(52)44-15-7-16-48-23-32(46-47-48)27-9-4-10-30(42)19-27)12-13-35(51)43-14-5-8-26(3)18-31(50)21-29(41)22-37-45-33(24-55-37)39(53)49-17-6-11-34(49)40(54)56-38/h4-5,8-10,12-13,18-19,23-25,28-29,31,34,36,38,44,50,52H,6-7,11,14-17,20-22,42H2,1-3H3,(H,43,51)/b8-5+,13-12+,26-18+/t28-,29+,31+,34+,36?,38+/m0/s1. The maximum Gasteiger partial charge on any atom is 0.329 e. The number of hydrogen-bond acceptors (Lipinski definition) is 12. The van der Waals surface area contributed by atoms with Gasteiger partial charge in [0.05, 0.1) is 18.7 Å². The minimum Gasteiger partial charge on any atom is -0.460 e. The van der Waals surface area contributed by atoms with Crippen molar-refractivity contribution in [1.82, 2.24) is 35.5 Å². The van der Waals surface area contributed by atoms with Crippen molar-refractivity contribution in [2.45, 2.75) is 96.5 Å². The summed E-state index contributed by atoms with van der Waals surface area (Å²) in [6, 6.07) is 6.49. The number of cyclic esters (lactones) is 1. The summed E-state index contributed by atoms with van der Waals surface area (Å²) in [5.74, 6) is -2.38. The summed E-state index contributed by atoms with van der Waals surface area (Å²) in [6.45, 7) is 6.95. The monoisotopic (exact) mass is 776 g/mol. The molecule has 1 unspecified atom stereocenters. The Morgan fingerprint density at radius 3 is 2.79 bits per heavy atom. The van der Waals surface area contributed by atoms with E-state index in [1.165, 1.54) is 17.1 Å². The molecule has 1 fully saturated rings. The molecule has 4 heterocycles. The maximum atomic E-state index is 14.9. The van der Waals surface area contributed by atoms with Crippen LogP contribution in [0, 0.1) is 11.8 Å². The molecule has 0 aliphatic carbocycles. The van der Waals surface area contributed by atoms with Crippen molar-refractivity contribution in [1.29, 1.82) is 0 Å². The quantitative estimate of drug-likeness (QED) is 0.0915. The van der Waals surface area contributed by atoms with Crippen molar-refractivity contribution in [2.24, 2.45) is 11.8 Å². The van der Waals surface area contributed by atoms with Gasteiger partial charge in [-0.2, -0.15) is 0 Å². The number of nitrogen functional groups attached to an aromatic ring is 1. The highest BCUT2D eigenvalue weighted by molar-refractivity contribution is 5.95. The van der Waals surface area contributed by atoms with Crippen molar-refractivity contribution in [2.75, 3.05) is 25.4 Å². The number of fused-ring (bicyclic) bond motifs is 3. The van der Waals surface area contributed by atoms with Gasteiger partial charge >= 0.3 is 5.97 Å². The van der Waals surface area contributed by atoms with Crippen molar-refractivity contribution in [3.8, 4) is 11.3 Å². The van der Waals surface area contributed by atoms with Crippen LogP contribution in [0.5, 0.6) is 0 Å². The Morgan fingerprint density at radius 2 is 2.00 bits per heavy atom. The number of esters is 1. The minimum atomic E-state index is -1.49. The van der Waals surface area contributed by atoms with Crippen LogP contribution in [0.4, 0.5) is 10.1 Å². The summed E-state index contributed by atoms with van der Waals surface area (Å²) in [4.78, 5) is 45.8. The molecule has 3 aromatic rings. The molecule has 0 spiro atoms. The first kappa shape index (κ1) is 42.0. The summed E-state index contributed by atoms with van der Waals surface area (Å²) >= 11 is 0. The Kier molecular flexibility index (Phi) is 15.1. The Bertz CT molecular complexity index is 1870. The number of nitrogens with two attached hydrogens (primary N) is 1. The van der Waals surface area contributed by atoms with Crippen LogP contribution < -0.4 is 16.4 Å². The van der Waals surface area contributed by atoms with Crippen LogP contribution in [0.15, 0.2) is 77.1 Å². The number of oxazole rings is 1. The Morgan fingerprint density at radius 1 is 1.18 bits per heavy atom. The lowest BCUT2D eigenvalue weighted by Gasteiger charge is -2.32. The number of hydrogen-bond donors (Lipinski definition) is 5. The van der Waals surface area contributed by atoms with E-state index < -0.39 is 54.4 Å². The summed E-state index contributed by atoms with van der Waals surface area (Å²) in [7, 11) is 0. The topological polar surface area (TPSA) is 211 Å². The van der Waals surface area contributed by atoms with Crippen LogP contribution >= 0.6 is 0 Å². The van der Waals surface area contributed by atoms with Gasteiger partial charge in [-0.3, -0.25) is 19.6 Å². The number of benzene rings is 1. The van der Waals surface area contributed by atoms with E-state index in [-0.39, 0.29) is 49.9 Å². The number of aliphatic hydroxyl groups excluding tert-OH is 2. The van der Waals surface area contributed by atoms with Gasteiger partial charge in [-0.25, -0.2) is 14.2 Å². The van der Waals surface area contributed by atoms with E-state index in [0.717, 1.165) is 11.8 Å². The molecule has 16 heteroatoms. The zero-order chi connectivity index (χ0) is 40.2. The van der Waals surface area contributed by atoms with Gasteiger partial charge in [0, 0.05) is 43.2 Å². The summed E-state index contributed by atoms with van der Waals surface area (Å²) in [5, 5.41) is 35.9. The van der Waals surface area contributed by atoms with Gasteiger partial charge in [0.15, 0.2) is 11.6 Å². The molecule has 5 rings (SSSR count). The second kappa shape index (κ2) is 20.1. The Balaban J connectivity index is 1.29. The normalized spacial score (nSPS) is 25.8. The smallest absolute Gasteiger partial charge is 0.329 e. The van der Waals surface area contributed by atoms with E-state index in [1.54, 1.807) is 35.9 Å². The molecule has 1 saturated heterocycles. The number of halogens is 1. The number of amides is 2. The first-order valence-corrected chi connectivity index (χ1v) is 19.1. The number of aryl methyl sites for hydroxylation is 1. The molecule has 2 aromatic heterocycles. The molecular formula is C40H53FN8O7. The van der Waals surface area contributed by atoms with E-state index in [4.69, 9.17) is 14.9 Å². The van der Waals surface area contributed by atoms with Gasteiger partial charge in [0.25, 0.3) is 5.91 Å². The van der Waals surface area contributed by atoms with Crippen LogP contribution in [-0.2, 0) is 27.3 Å². The molecule has 302 valence electrons. The fraction of sp³-hybridized carbons (Fsp3) is 0.500. The lowest BCUT2D eigenvalue weighted by Crippen LogP contribution is -2.45. The SMILES string of the molecule is CC1=C\[C@@H](O)C[C@@H](F)Cc2nc(co2)C(=O)N2CCC[C@@H]2C(=O)O[C@H](C(C)C)[C@H](CC(O)NCCCn2cc(-c3cccc(N)c3)nn2)/C=C/C(=O)NC\C=C\1. The van der Waals surface area contributed by atoms with Gasteiger partial charge in [0.1, 0.15) is 36.5 Å². The first-order chi connectivity index (χ1) is 26.9. The molecule has 6 N–H and O–H groups in total. The van der Waals surface area contributed by atoms with Crippen molar-refractivity contribution < 1.29 is 38.1 Å². The molecule has 2 bridgehead atoms. The zero-order valence-corrected chi connectivity index (χ0v) is 32.1. The molecule has 0 radical (unpaired) electrons. The van der Waals surface area contributed by atoms with E-state index in [0.29, 0.717) is 49.3 Å². The van der Waals surface area contributed by atoms with E-state index in [2.05, 4.69) is 25.9 Å². The van der Waals surface area contributed by atoms with Gasteiger partial charge in [-0.15, -0.1) is 5.10 Å². The van der Waals surface area contributed by atoms with Crippen LogP contribution in [0.25, 0.3) is 11.3 Å². The fourth-order valence-corrected chi connectivity index (χ4v) is 6.88. The number of allylic oxidation sites excluding steroid dienone is 2. The molecular weight excluding hydrogens is 723 g/mol. The van der Waals surface area contributed by atoms with Crippen LogP contribution in [-0.4, -0.2) is 103 Å². The number of carbonyl (C=O) groups is 3. The number of alkyl halides is 1. The molecule has 2 aliphatic heterocycles. The van der Waals surface area contributed by atoms with Crippen molar-refractivity contribution >= 4 is 23.5 Å². The lowest BCUT2D eigenvalue weighted by molar-refractivity contribution is -0.159. The Labute approximate surface area is 325 Å². The summed E-state index contributed by atoms with van der Waals surface area (Å²) in [5.41, 5.74) is 8.71. The molecule has 15 nitrogen and oxygen atoms in total. The summed E-state index contributed by atoms with van der Waals surface area (Å²) < 4.78 is 28.1. The highest BCUT2D eigenvalue weighted by Crippen LogP contribution is 2.28. The van der Waals surface area contributed by atoms with Crippen LogP contribution in [0.2, 0.25) is 0 Å². The second-order valence-corrected chi connectivity index (χ2v) is 14.7. The number of anilines is 1. The lowest BCUT2D eigenvalue weighted by atomic mass is 9.89. The van der Waals surface area contributed by atoms with E-state index in [9.17, 15) is 29.0 Å². The largest absolute Gasteiger partial charge is 0.460 e. The molecule has 2 amide bonds. The van der Waals surface area contributed by atoms with E-state index in [1.807, 2.05) is 38.2 Å². The summed E-state index contributed by atoms with van der Waals surface area (Å²) in [6.07, 6.45) is 7.72. The third-order valence-corrected chi connectivity index (χ3v) is 9.67. The predicted octanol–water partition coefficient (Wildman–Crippen LogP) is 3.51. The number of carbonyl (C=O) groups excluding carboxylic acids is 3. The molecule has 1 aromatic carbocycles. The average Bonchev–Trinajstić information content (AvgIpc) is 3.94. The molecule has 0 saturated carbocycles. The third kappa shape index (κ3) is 12.2. The average molecular weight is 777 g/mol. The van der Waals surface area contributed by atoms with E-state index >= 15 is 0 Å². The maximum absolute atomic E-state index is 14.9. The second-order valence-electron chi connectivity index (χ2n) is 14.7. The van der Waals surface area contributed by atoms with Gasteiger partial charge < -0.3 is 35.3 Å². The van der Waals surface area contributed by atoms with Crippen molar-refractivity contribution in [3.05, 3.63) is 84.3 Å². The van der Waals surface area contributed by atoms with Crippen LogP contribution in [0.3, 0.4) is 0 Å². The number of ether oxygens (including phenoxy) is 1. The minimum absolute atomic E-state index is 0.00402. The zero-order valence-electron chi connectivity index (χ0n) is 32.1. The van der Waals surface area contributed by atoms with Crippen LogP contribution in [0.1, 0.15) is 69.3 Å². The van der Waals surface area contributed by atoms with Gasteiger partial charge in [0.2, 0.25) is 5.91 Å². The number of aliphatic hydroxyl groups is 2. The number of nitrogens with one attached hydrogen (secondary N) is 2. The highest BCUT2D eigenvalue weighted by Gasteiger charge is 2.39. The highest BCUT2D eigenvalue weighted by atomic mass is 19.1. The van der Waals surface area contributed by atoms with Gasteiger partial charge in [-0.1, -0.05) is 61.1 Å².